The van der Waals surface area contributed by atoms with Gasteiger partial charge in [0.05, 0.1) is 10.2 Å². The van der Waals surface area contributed by atoms with Gasteiger partial charge in [-0.3, -0.25) is 0 Å². The number of sulfonamides is 1. The Morgan fingerprint density at radius 1 is 1.44 bits per heavy atom. The molecule has 7 nitrogen and oxygen atoms in total. The van der Waals surface area contributed by atoms with Gasteiger partial charge >= 0.3 is 0 Å². The number of anilines is 2. The fourth-order valence-electron chi connectivity index (χ4n) is 1.21. The van der Waals surface area contributed by atoms with Crippen LogP contribution >= 0.6 is 15.9 Å². The van der Waals surface area contributed by atoms with Gasteiger partial charge in [-0.1, -0.05) is 6.92 Å². The molecule has 0 saturated carbocycles. The summed E-state index contributed by atoms with van der Waals surface area (Å²) in [4.78, 5) is 8.16. The molecular formula is C9H16BrN5O2S. The van der Waals surface area contributed by atoms with Crippen LogP contribution in [0.1, 0.15) is 6.92 Å². The lowest BCUT2D eigenvalue weighted by Gasteiger charge is -2.09. The summed E-state index contributed by atoms with van der Waals surface area (Å²) in [6, 6.07) is 0. The minimum Gasteiger partial charge on any atom is -0.368 e. The van der Waals surface area contributed by atoms with E-state index in [0.29, 0.717) is 22.8 Å². The molecule has 1 aromatic heterocycles. The summed E-state index contributed by atoms with van der Waals surface area (Å²) in [6.07, 6.45) is 1.60. The van der Waals surface area contributed by atoms with Crippen LogP contribution in [0.4, 0.5) is 11.8 Å². The predicted molar refractivity (Wildman–Crippen MR) is 75.2 cm³/mol. The maximum absolute atomic E-state index is 11.4. The molecule has 1 rings (SSSR count). The number of hydrogen-bond donors (Lipinski definition) is 3. The van der Waals surface area contributed by atoms with Gasteiger partial charge in [0.25, 0.3) is 0 Å². The van der Waals surface area contributed by atoms with Crippen molar-refractivity contribution in [1.82, 2.24) is 14.7 Å². The van der Waals surface area contributed by atoms with E-state index in [2.05, 4.69) is 41.3 Å². The van der Waals surface area contributed by atoms with E-state index in [4.69, 9.17) is 0 Å². The maximum Gasteiger partial charge on any atom is 0.224 e. The van der Waals surface area contributed by atoms with Crippen LogP contribution in [0.5, 0.6) is 0 Å². The van der Waals surface area contributed by atoms with Gasteiger partial charge in [0.2, 0.25) is 16.0 Å². The zero-order valence-electron chi connectivity index (χ0n) is 10.2. The van der Waals surface area contributed by atoms with Crippen molar-refractivity contribution in [3.8, 4) is 0 Å². The molecule has 0 radical (unpaired) electrons. The highest BCUT2D eigenvalue weighted by Crippen LogP contribution is 2.19. The van der Waals surface area contributed by atoms with Gasteiger partial charge in [0.1, 0.15) is 5.82 Å². The third-order valence-corrected chi connectivity index (χ3v) is 4.05. The first kappa shape index (κ1) is 15.1. The smallest absolute Gasteiger partial charge is 0.224 e. The Balaban J connectivity index is 2.58. The Hall–Kier alpha value is -0.930. The highest BCUT2D eigenvalue weighted by molar-refractivity contribution is 9.10. The fraction of sp³-hybridized carbons (Fsp3) is 0.556. The maximum atomic E-state index is 11.4. The average Bonchev–Trinajstić information content (AvgIpc) is 2.31. The zero-order chi connectivity index (χ0) is 13.6. The molecule has 0 aliphatic heterocycles. The zero-order valence-corrected chi connectivity index (χ0v) is 12.6. The molecule has 0 spiro atoms. The molecule has 0 aliphatic carbocycles. The van der Waals surface area contributed by atoms with Gasteiger partial charge in [-0.25, -0.2) is 18.1 Å². The molecule has 0 fully saturated rings. The molecule has 0 saturated heterocycles. The normalized spacial score (nSPS) is 11.3. The van der Waals surface area contributed by atoms with Crippen LogP contribution in [0.25, 0.3) is 0 Å². The summed E-state index contributed by atoms with van der Waals surface area (Å²) < 4.78 is 25.9. The van der Waals surface area contributed by atoms with Crippen molar-refractivity contribution in [3.63, 3.8) is 0 Å². The van der Waals surface area contributed by atoms with Crippen molar-refractivity contribution in [3.05, 3.63) is 10.7 Å². The molecule has 1 aromatic rings. The molecule has 0 aromatic carbocycles. The van der Waals surface area contributed by atoms with E-state index in [1.165, 1.54) is 0 Å². The second-order valence-electron chi connectivity index (χ2n) is 3.38. The Labute approximate surface area is 115 Å². The third kappa shape index (κ3) is 4.75. The quantitative estimate of drug-likeness (QED) is 0.675. The molecule has 0 atom stereocenters. The topological polar surface area (TPSA) is 96.0 Å². The summed E-state index contributed by atoms with van der Waals surface area (Å²) in [6.45, 7) is 2.41. The van der Waals surface area contributed by atoms with Crippen LogP contribution in [0.3, 0.4) is 0 Å². The third-order valence-electron chi connectivity index (χ3n) is 2.00. The molecule has 102 valence electrons. The molecule has 0 bridgehead atoms. The SMILES string of the molecule is CCNS(=O)(=O)CCNc1nc(NC)ncc1Br. The van der Waals surface area contributed by atoms with Crippen LogP contribution in [-0.2, 0) is 10.0 Å². The fourth-order valence-corrected chi connectivity index (χ4v) is 2.49. The summed E-state index contributed by atoms with van der Waals surface area (Å²) in [5.74, 6) is 1.02. The van der Waals surface area contributed by atoms with Crippen LogP contribution in [0, 0.1) is 0 Å². The number of nitrogens with one attached hydrogen (secondary N) is 3. The highest BCUT2D eigenvalue weighted by Gasteiger charge is 2.09. The van der Waals surface area contributed by atoms with Gasteiger partial charge < -0.3 is 10.6 Å². The number of rotatable bonds is 7. The molecule has 9 heteroatoms. The van der Waals surface area contributed by atoms with Gasteiger partial charge in [-0.05, 0) is 15.9 Å². The van der Waals surface area contributed by atoms with E-state index in [1.807, 2.05) is 0 Å². The Bertz CT molecular complexity index is 494. The Morgan fingerprint density at radius 3 is 2.78 bits per heavy atom. The van der Waals surface area contributed by atoms with Crippen molar-refractivity contribution in [2.75, 3.05) is 36.5 Å². The summed E-state index contributed by atoms with van der Waals surface area (Å²) in [5.41, 5.74) is 0. The molecule has 1 heterocycles. The number of hydrogen-bond acceptors (Lipinski definition) is 6. The van der Waals surface area contributed by atoms with Crippen molar-refractivity contribution < 1.29 is 8.42 Å². The first-order valence-corrected chi connectivity index (χ1v) is 7.84. The van der Waals surface area contributed by atoms with Crippen molar-refractivity contribution in [2.45, 2.75) is 6.92 Å². The molecule has 0 unspecified atom stereocenters. The van der Waals surface area contributed by atoms with Crippen LogP contribution in [0.15, 0.2) is 10.7 Å². The predicted octanol–water partition coefficient (Wildman–Crippen LogP) is 0.632. The van der Waals surface area contributed by atoms with Crippen molar-refractivity contribution in [2.24, 2.45) is 0 Å². The molecule has 3 N–H and O–H groups in total. The molecule has 0 amide bonds. The summed E-state index contributed by atoms with van der Waals surface area (Å²) in [5, 5.41) is 5.75. The molecule has 0 aliphatic rings. The van der Waals surface area contributed by atoms with Crippen LogP contribution in [-0.4, -0.2) is 44.3 Å². The highest BCUT2D eigenvalue weighted by atomic mass is 79.9. The van der Waals surface area contributed by atoms with E-state index in [0.717, 1.165) is 0 Å². The van der Waals surface area contributed by atoms with E-state index < -0.39 is 10.0 Å². The largest absolute Gasteiger partial charge is 0.368 e. The lowest BCUT2D eigenvalue weighted by atomic mass is 10.5. The first-order valence-electron chi connectivity index (χ1n) is 5.40. The number of halogens is 1. The van der Waals surface area contributed by atoms with Gasteiger partial charge in [0, 0.05) is 26.3 Å². The van der Waals surface area contributed by atoms with Crippen LogP contribution < -0.4 is 15.4 Å². The van der Waals surface area contributed by atoms with Gasteiger partial charge in [-0.2, -0.15) is 4.98 Å². The van der Waals surface area contributed by atoms with E-state index in [-0.39, 0.29) is 12.3 Å². The summed E-state index contributed by atoms with van der Waals surface area (Å²) >= 11 is 3.29. The van der Waals surface area contributed by atoms with E-state index in [9.17, 15) is 8.42 Å². The second kappa shape index (κ2) is 6.86. The molecule has 18 heavy (non-hydrogen) atoms. The lowest BCUT2D eigenvalue weighted by molar-refractivity contribution is 0.584. The number of nitrogens with zero attached hydrogens (tertiary/aromatic N) is 2. The lowest BCUT2D eigenvalue weighted by Crippen LogP contribution is -2.29. The Kier molecular flexibility index (Phi) is 5.76. The minimum atomic E-state index is -3.22. The van der Waals surface area contributed by atoms with Crippen molar-refractivity contribution >= 4 is 37.7 Å². The average molecular weight is 338 g/mol. The van der Waals surface area contributed by atoms with E-state index >= 15 is 0 Å². The second-order valence-corrected chi connectivity index (χ2v) is 6.16. The number of aromatic nitrogens is 2. The monoisotopic (exact) mass is 337 g/mol. The standard InChI is InChI=1S/C9H16BrN5O2S/c1-3-14-18(16,17)5-4-12-8-7(10)6-13-9(11-2)15-8/h6,14H,3-5H2,1-2H3,(H2,11,12,13,15). The van der Waals surface area contributed by atoms with Crippen molar-refractivity contribution in [1.29, 1.82) is 0 Å². The van der Waals surface area contributed by atoms with E-state index in [1.54, 1.807) is 20.2 Å². The molecular weight excluding hydrogens is 322 g/mol. The van der Waals surface area contributed by atoms with Crippen LogP contribution in [0.2, 0.25) is 0 Å². The van der Waals surface area contributed by atoms with Gasteiger partial charge in [0.15, 0.2) is 0 Å². The first-order chi connectivity index (χ1) is 8.48. The minimum absolute atomic E-state index is 0.00777. The van der Waals surface area contributed by atoms with Gasteiger partial charge in [-0.15, -0.1) is 0 Å². The summed E-state index contributed by atoms with van der Waals surface area (Å²) in [7, 11) is -1.51. The Morgan fingerprint density at radius 2 is 2.17 bits per heavy atom.